The maximum Gasteiger partial charge on any atom is 0.269 e. The van der Waals surface area contributed by atoms with E-state index in [9.17, 15) is 9.90 Å². The minimum Gasteiger partial charge on any atom is -0.391 e. The topological polar surface area (TPSA) is 86.0 Å². The van der Waals surface area contributed by atoms with Crippen molar-refractivity contribution < 1.29 is 9.90 Å². The Morgan fingerprint density at radius 1 is 1.56 bits per heavy atom. The molecular weight excluding hydrogens is 230 g/mol. The Morgan fingerprint density at radius 2 is 2.22 bits per heavy atom. The monoisotopic (exact) mass is 247 g/mol. The standard InChI is InChI=1S/C13H17N3O2/c1-13(2,3)11(17)8-16-12(18)10-5-4-9(6-14)7-15-10/h4-5,7,11,17H,8H2,1-3H3,(H,16,18). The Balaban J connectivity index is 2.58. The molecule has 1 aromatic heterocycles. The van der Waals surface area contributed by atoms with Crippen molar-refractivity contribution in [1.82, 2.24) is 10.3 Å². The molecule has 0 aliphatic carbocycles. The van der Waals surface area contributed by atoms with Gasteiger partial charge in [0.2, 0.25) is 0 Å². The third-order valence-corrected chi connectivity index (χ3v) is 2.58. The number of rotatable bonds is 3. The molecule has 1 amide bonds. The Hall–Kier alpha value is -1.93. The molecule has 0 saturated carbocycles. The molecule has 18 heavy (non-hydrogen) atoms. The van der Waals surface area contributed by atoms with E-state index >= 15 is 0 Å². The fraction of sp³-hybridized carbons (Fsp3) is 0.462. The van der Waals surface area contributed by atoms with Crippen LogP contribution in [0.25, 0.3) is 0 Å². The lowest BCUT2D eigenvalue weighted by molar-refractivity contribution is 0.0585. The quantitative estimate of drug-likeness (QED) is 0.837. The number of nitrogens with zero attached hydrogens (tertiary/aromatic N) is 2. The zero-order valence-electron chi connectivity index (χ0n) is 10.8. The third kappa shape index (κ3) is 3.82. The van der Waals surface area contributed by atoms with Crippen LogP contribution in [0, 0.1) is 16.7 Å². The van der Waals surface area contributed by atoms with Crippen molar-refractivity contribution >= 4 is 5.91 Å². The van der Waals surface area contributed by atoms with Crippen LogP contribution >= 0.6 is 0 Å². The number of carbonyl (C=O) groups excluding carboxylic acids is 1. The highest BCUT2D eigenvalue weighted by atomic mass is 16.3. The van der Waals surface area contributed by atoms with Crippen LogP contribution in [0.1, 0.15) is 36.8 Å². The number of hydrogen-bond acceptors (Lipinski definition) is 4. The Bertz CT molecular complexity index is 455. The van der Waals surface area contributed by atoms with Crippen molar-refractivity contribution in [3.63, 3.8) is 0 Å². The van der Waals surface area contributed by atoms with Crippen molar-refractivity contribution in [3.8, 4) is 6.07 Å². The van der Waals surface area contributed by atoms with E-state index < -0.39 is 6.10 Å². The molecule has 0 aromatic carbocycles. The van der Waals surface area contributed by atoms with Crippen LogP contribution < -0.4 is 5.32 Å². The van der Waals surface area contributed by atoms with Crippen LogP contribution in [0.3, 0.4) is 0 Å². The van der Waals surface area contributed by atoms with Gasteiger partial charge >= 0.3 is 0 Å². The molecule has 0 radical (unpaired) electrons. The first kappa shape index (κ1) is 14.1. The second kappa shape index (κ2) is 5.61. The fourth-order valence-electron chi connectivity index (χ4n) is 1.18. The Kier molecular flexibility index (Phi) is 4.40. The van der Waals surface area contributed by atoms with Crippen molar-refractivity contribution in [2.45, 2.75) is 26.9 Å². The highest BCUT2D eigenvalue weighted by molar-refractivity contribution is 5.92. The van der Waals surface area contributed by atoms with Crippen LogP contribution in [-0.2, 0) is 0 Å². The molecule has 0 fully saturated rings. The lowest BCUT2D eigenvalue weighted by Gasteiger charge is -2.25. The van der Waals surface area contributed by atoms with Gasteiger partial charge in [0.05, 0.1) is 11.7 Å². The van der Waals surface area contributed by atoms with Gasteiger partial charge in [-0.1, -0.05) is 20.8 Å². The molecule has 0 aliphatic heterocycles. The van der Waals surface area contributed by atoms with Crippen molar-refractivity contribution in [1.29, 1.82) is 5.26 Å². The van der Waals surface area contributed by atoms with Gasteiger partial charge in [-0.05, 0) is 17.5 Å². The predicted molar refractivity (Wildman–Crippen MR) is 66.7 cm³/mol. The van der Waals surface area contributed by atoms with Crippen LogP contribution in [0.2, 0.25) is 0 Å². The van der Waals surface area contributed by atoms with Gasteiger partial charge in [-0.2, -0.15) is 5.26 Å². The van der Waals surface area contributed by atoms with Crippen molar-refractivity contribution in [2.75, 3.05) is 6.54 Å². The predicted octanol–water partition coefficient (Wildman–Crippen LogP) is 1.09. The summed E-state index contributed by atoms with van der Waals surface area (Å²) in [6.45, 7) is 5.85. The van der Waals surface area contributed by atoms with Crippen molar-refractivity contribution in [2.24, 2.45) is 5.41 Å². The van der Waals surface area contributed by atoms with E-state index in [0.29, 0.717) is 5.56 Å². The largest absolute Gasteiger partial charge is 0.391 e. The fourth-order valence-corrected chi connectivity index (χ4v) is 1.18. The van der Waals surface area contributed by atoms with Gasteiger partial charge in [0, 0.05) is 12.7 Å². The number of aliphatic hydroxyl groups is 1. The van der Waals surface area contributed by atoms with Crippen LogP contribution in [0.15, 0.2) is 18.3 Å². The number of hydrogen-bond donors (Lipinski definition) is 2. The van der Waals surface area contributed by atoms with Crippen LogP contribution in [0.4, 0.5) is 0 Å². The van der Waals surface area contributed by atoms with Gasteiger partial charge in [-0.15, -0.1) is 0 Å². The minimum atomic E-state index is -0.625. The molecule has 0 bridgehead atoms. The van der Waals surface area contributed by atoms with E-state index in [1.54, 1.807) is 0 Å². The summed E-state index contributed by atoms with van der Waals surface area (Å²) >= 11 is 0. The number of nitrogens with one attached hydrogen (secondary N) is 1. The molecule has 1 atom stereocenters. The van der Waals surface area contributed by atoms with E-state index in [4.69, 9.17) is 5.26 Å². The lowest BCUT2D eigenvalue weighted by atomic mass is 9.89. The van der Waals surface area contributed by atoms with E-state index in [1.807, 2.05) is 26.8 Å². The molecule has 1 rings (SSSR count). The van der Waals surface area contributed by atoms with E-state index in [0.717, 1.165) is 0 Å². The summed E-state index contributed by atoms with van der Waals surface area (Å²) in [5, 5.41) is 21.0. The Labute approximate surface area is 106 Å². The Morgan fingerprint density at radius 3 is 2.67 bits per heavy atom. The normalized spacial score (nSPS) is 12.6. The van der Waals surface area contributed by atoms with Crippen LogP contribution in [0.5, 0.6) is 0 Å². The molecule has 1 heterocycles. The molecule has 1 aromatic rings. The van der Waals surface area contributed by atoms with Gasteiger partial charge < -0.3 is 10.4 Å². The number of amides is 1. The summed E-state index contributed by atoms with van der Waals surface area (Å²) in [6.07, 6.45) is 0.717. The molecule has 5 nitrogen and oxygen atoms in total. The third-order valence-electron chi connectivity index (χ3n) is 2.58. The van der Waals surface area contributed by atoms with E-state index in [1.165, 1.54) is 18.3 Å². The summed E-state index contributed by atoms with van der Waals surface area (Å²) in [6, 6.07) is 4.94. The number of aliphatic hydroxyl groups excluding tert-OH is 1. The number of nitriles is 1. The second-order valence-electron chi connectivity index (χ2n) is 5.14. The lowest BCUT2D eigenvalue weighted by Crippen LogP contribution is -2.39. The molecule has 0 spiro atoms. The first-order chi connectivity index (χ1) is 8.34. The summed E-state index contributed by atoms with van der Waals surface area (Å²) < 4.78 is 0. The van der Waals surface area contributed by atoms with Gasteiger partial charge in [0.1, 0.15) is 11.8 Å². The number of aromatic nitrogens is 1. The molecule has 0 aliphatic rings. The molecule has 1 unspecified atom stereocenters. The smallest absolute Gasteiger partial charge is 0.269 e. The maximum absolute atomic E-state index is 11.7. The van der Waals surface area contributed by atoms with E-state index in [-0.39, 0.29) is 23.6 Å². The van der Waals surface area contributed by atoms with Gasteiger partial charge in [-0.3, -0.25) is 4.79 Å². The maximum atomic E-state index is 11.7. The zero-order chi connectivity index (χ0) is 13.8. The van der Waals surface area contributed by atoms with Gasteiger partial charge in [0.15, 0.2) is 0 Å². The summed E-state index contributed by atoms with van der Waals surface area (Å²) in [5.74, 6) is -0.359. The highest BCUT2D eigenvalue weighted by Crippen LogP contribution is 2.18. The summed E-state index contributed by atoms with van der Waals surface area (Å²) in [5.41, 5.74) is 0.349. The summed E-state index contributed by atoms with van der Waals surface area (Å²) in [4.78, 5) is 15.6. The average molecular weight is 247 g/mol. The molecule has 0 saturated heterocycles. The van der Waals surface area contributed by atoms with Crippen LogP contribution in [-0.4, -0.2) is 28.6 Å². The minimum absolute atomic E-state index is 0.171. The van der Waals surface area contributed by atoms with Crippen molar-refractivity contribution in [3.05, 3.63) is 29.6 Å². The first-order valence-corrected chi connectivity index (χ1v) is 5.67. The number of carbonyl (C=O) groups is 1. The molecule has 5 heteroatoms. The molecule has 96 valence electrons. The first-order valence-electron chi connectivity index (χ1n) is 5.67. The SMILES string of the molecule is CC(C)(C)C(O)CNC(=O)c1ccc(C#N)cn1. The average Bonchev–Trinajstić information content (AvgIpc) is 2.34. The van der Waals surface area contributed by atoms with E-state index in [2.05, 4.69) is 10.3 Å². The molecular formula is C13H17N3O2. The highest BCUT2D eigenvalue weighted by Gasteiger charge is 2.22. The second-order valence-corrected chi connectivity index (χ2v) is 5.14. The molecule has 2 N–H and O–H groups in total. The van der Waals surface area contributed by atoms with Gasteiger partial charge in [-0.25, -0.2) is 4.98 Å². The van der Waals surface area contributed by atoms with Gasteiger partial charge in [0.25, 0.3) is 5.91 Å². The summed E-state index contributed by atoms with van der Waals surface area (Å²) in [7, 11) is 0. The number of pyridine rings is 1. The zero-order valence-corrected chi connectivity index (χ0v) is 10.8.